The molecule has 4 rings (SSSR count). The van der Waals surface area contributed by atoms with E-state index in [0.29, 0.717) is 30.0 Å². The maximum atomic E-state index is 14.6. The third-order valence-corrected chi connectivity index (χ3v) is 5.94. The summed E-state index contributed by atoms with van der Waals surface area (Å²) in [6.45, 7) is 2.78. The van der Waals surface area contributed by atoms with Gasteiger partial charge in [0.15, 0.2) is 0 Å². The normalized spacial score (nSPS) is 19.0. The minimum Gasteiger partial charge on any atom is -0.442 e. The number of thiophene rings is 1. The van der Waals surface area contributed by atoms with E-state index in [4.69, 9.17) is 4.74 Å². The minimum absolute atomic E-state index is 0.103. The van der Waals surface area contributed by atoms with Gasteiger partial charge >= 0.3 is 6.09 Å². The van der Waals surface area contributed by atoms with Gasteiger partial charge in [-0.1, -0.05) is 0 Å². The first-order valence-electron chi connectivity index (χ1n) is 9.35. The molecular formula is C20H20FN3O4S. The monoisotopic (exact) mass is 417 g/mol. The van der Waals surface area contributed by atoms with Crippen LogP contribution in [0.5, 0.6) is 0 Å². The van der Waals surface area contributed by atoms with Gasteiger partial charge < -0.3 is 15.0 Å². The zero-order valence-electron chi connectivity index (χ0n) is 15.8. The number of carbonyl (C=O) groups excluding carboxylic acids is 3. The van der Waals surface area contributed by atoms with E-state index in [1.165, 1.54) is 33.3 Å². The number of ether oxygens (including phenoxy) is 1. The fourth-order valence-electron chi connectivity index (χ4n) is 3.47. The molecule has 0 aliphatic carbocycles. The van der Waals surface area contributed by atoms with Crippen molar-refractivity contribution in [3.8, 4) is 0 Å². The first-order valence-corrected chi connectivity index (χ1v) is 10.2. The Morgan fingerprint density at radius 1 is 1.28 bits per heavy atom. The Morgan fingerprint density at radius 3 is 2.76 bits per heavy atom. The summed E-state index contributed by atoms with van der Waals surface area (Å²) in [5, 5.41) is 2.76. The number of halogens is 1. The van der Waals surface area contributed by atoms with Crippen LogP contribution in [0, 0.1) is 12.7 Å². The molecule has 0 unspecified atom stereocenters. The van der Waals surface area contributed by atoms with Crippen LogP contribution in [-0.2, 0) is 9.53 Å². The summed E-state index contributed by atoms with van der Waals surface area (Å²) in [5.74, 6) is -0.882. The highest BCUT2D eigenvalue weighted by molar-refractivity contribution is 7.13. The van der Waals surface area contributed by atoms with Gasteiger partial charge in [0, 0.05) is 17.8 Å². The number of amides is 3. The summed E-state index contributed by atoms with van der Waals surface area (Å²) in [5.41, 5.74) is 0.574. The molecule has 1 N–H and O–H groups in total. The van der Waals surface area contributed by atoms with E-state index in [0.717, 1.165) is 4.88 Å². The molecule has 0 saturated carbocycles. The highest BCUT2D eigenvalue weighted by Crippen LogP contribution is 2.30. The van der Waals surface area contributed by atoms with Gasteiger partial charge in [-0.2, -0.15) is 0 Å². The summed E-state index contributed by atoms with van der Waals surface area (Å²) in [6.07, 6.45) is -0.00864. The Bertz CT molecular complexity index is 976. The number of cyclic esters (lactones) is 1. The highest BCUT2D eigenvalue weighted by Gasteiger charge is 2.33. The van der Waals surface area contributed by atoms with Crippen molar-refractivity contribution < 1.29 is 23.5 Å². The predicted molar refractivity (Wildman–Crippen MR) is 107 cm³/mol. The van der Waals surface area contributed by atoms with Crippen LogP contribution in [0.3, 0.4) is 0 Å². The number of hydrogen-bond donors (Lipinski definition) is 1. The van der Waals surface area contributed by atoms with Gasteiger partial charge in [0.25, 0.3) is 5.91 Å². The van der Waals surface area contributed by atoms with Gasteiger partial charge in [0.05, 0.1) is 29.3 Å². The van der Waals surface area contributed by atoms with Crippen LogP contribution in [0.25, 0.3) is 0 Å². The maximum absolute atomic E-state index is 14.6. The van der Waals surface area contributed by atoms with Crippen LogP contribution in [0.1, 0.15) is 27.4 Å². The Kier molecular flexibility index (Phi) is 5.23. The number of anilines is 2. The lowest BCUT2D eigenvalue weighted by Crippen LogP contribution is -2.34. The molecule has 7 nitrogen and oxygen atoms in total. The van der Waals surface area contributed by atoms with Crippen LogP contribution >= 0.6 is 11.3 Å². The van der Waals surface area contributed by atoms with Gasteiger partial charge in [-0.3, -0.25) is 14.5 Å². The van der Waals surface area contributed by atoms with Crippen molar-refractivity contribution in [3.63, 3.8) is 0 Å². The molecule has 2 aliphatic heterocycles. The van der Waals surface area contributed by atoms with Crippen molar-refractivity contribution in [2.24, 2.45) is 0 Å². The van der Waals surface area contributed by atoms with E-state index >= 15 is 0 Å². The Hall–Kier alpha value is -2.94. The van der Waals surface area contributed by atoms with E-state index in [-0.39, 0.29) is 30.6 Å². The molecule has 29 heavy (non-hydrogen) atoms. The van der Waals surface area contributed by atoms with E-state index in [1.807, 2.05) is 13.0 Å². The lowest BCUT2D eigenvalue weighted by molar-refractivity contribution is -0.117. The molecule has 2 aromatic rings. The van der Waals surface area contributed by atoms with E-state index in [2.05, 4.69) is 5.32 Å². The topological polar surface area (TPSA) is 79.0 Å². The predicted octanol–water partition coefficient (Wildman–Crippen LogP) is 3.08. The number of benzene rings is 1. The van der Waals surface area contributed by atoms with Gasteiger partial charge in [-0.05, 0) is 43.7 Å². The fraction of sp³-hybridized carbons (Fsp3) is 0.350. The third kappa shape index (κ3) is 3.95. The number of nitrogens with zero attached hydrogens (tertiary/aromatic N) is 2. The third-order valence-electron chi connectivity index (χ3n) is 4.94. The van der Waals surface area contributed by atoms with E-state index < -0.39 is 18.0 Å². The molecule has 2 aliphatic rings. The standard InChI is InChI=1S/C20H20FN3O4S/c1-12-4-7-17(29-12)19(26)22-10-14-11-24(20(27)28-14)13-5-6-16(15(21)9-13)23-8-2-3-18(23)25/h4-7,9,14H,2-3,8,10-11H2,1H3,(H,22,26)/t14-/m0/s1. The quantitative estimate of drug-likeness (QED) is 0.811. The van der Waals surface area contributed by atoms with Crippen molar-refractivity contribution in [2.75, 3.05) is 29.4 Å². The Labute approximate surface area is 171 Å². The maximum Gasteiger partial charge on any atom is 0.414 e. The second-order valence-electron chi connectivity index (χ2n) is 7.02. The molecule has 0 bridgehead atoms. The van der Waals surface area contributed by atoms with Gasteiger partial charge in [0.1, 0.15) is 11.9 Å². The first kappa shape index (κ1) is 19.4. The summed E-state index contributed by atoms with van der Waals surface area (Å²) in [6, 6.07) is 7.95. The second-order valence-corrected chi connectivity index (χ2v) is 8.31. The average molecular weight is 417 g/mol. The van der Waals surface area contributed by atoms with Crippen molar-refractivity contribution in [3.05, 3.63) is 45.9 Å². The number of hydrogen-bond acceptors (Lipinski definition) is 5. The Morgan fingerprint density at radius 2 is 2.10 bits per heavy atom. The van der Waals surface area contributed by atoms with Crippen LogP contribution < -0.4 is 15.1 Å². The van der Waals surface area contributed by atoms with Crippen molar-refractivity contribution in [1.29, 1.82) is 0 Å². The zero-order valence-corrected chi connectivity index (χ0v) is 16.6. The van der Waals surface area contributed by atoms with Crippen LogP contribution in [-0.4, -0.2) is 43.6 Å². The first-order chi connectivity index (χ1) is 13.9. The SMILES string of the molecule is Cc1ccc(C(=O)NC[C@H]2CN(c3ccc(N4CCCC4=O)c(F)c3)C(=O)O2)s1. The van der Waals surface area contributed by atoms with Crippen molar-refractivity contribution in [2.45, 2.75) is 25.9 Å². The van der Waals surface area contributed by atoms with Gasteiger partial charge in [-0.25, -0.2) is 9.18 Å². The molecule has 0 radical (unpaired) electrons. The number of rotatable bonds is 5. The molecule has 1 atom stereocenters. The van der Waals surface area contributed by atoms with E-state index in [9.17, 15) is 18.8 Å². The minimum atomic E-state index is -0.597. The molecule has 2 fully saturated rings. The molecule has 0 spiro atoms. The molecule has 152 valence electrons. The molecule has 1 aromatic heterocycles. The van der Waals surface area contributed by atoms with Crippen LogP contribution in [0.4, 0.5) is 20.6 Å². The molecule has 3 heterocycles. The van der Waals surface area contributed by atoms with Gasteiger partial charge in [0.2, 0.25) is 5.91 Å². The number of carbonyl (C=O) groups is 3. The van der Waals surface area contributed by atoms with Crippen LogP contribution in [0.15, 0.2) is 30.3 Å². The van der Waals surface area contributed by atoms with E-state index in [1.54, 1.807) is 12.1 Å². The molecule has 3 amide bonds. The van der Waals surface area contributed by atoms with Crippen molar-refractivity contribution in [1.82, 2.24) is 5.32 Å². The number of aryl methyl sites for hydroxylation is 1. The number of nitrogens with one attached hydrogen (secondary N) is 1. The highest BCUT2D eigenvalue weighted by atomic mass is 32.1. The summed E-state index contributed by atoms with van der Waals surface area (Å²) in [4.78, 5) is 40.6. The zero-order chi connectivity index (χ0) is 20.5. The molecule has 2 saturated heterocycles. The summed E-state index contributed by atoms with van der Waals surface area (Å²) in [7, 11) is 0. The van der Waals surface area contributed by atoms with Crippen LogP contribution in [0.2, 0.25) is 0 Å². The largest absolute Gasteiger partial charge is 0.442 e. The van der Waals surface area contributed by atoms with Gasteiger partial charge in [-0.15, -0.1) is 11.3 Å². The average Bonchev–Trinajstić information content (AvgIpc) is 3.40. The summed E-state index contributed by atoms with van der Waals surface area (Å²) >= 11 is 1.39. The lowest BCUT2D eigenvalue weighted by atomic mass is 10.2. The second kappa shape index (κ2) is 7.82. The molecule has 1 aromatic carbocycles. The molecular weight excluding hydrogens is 397 g/mol. The summed E-state index contributed by atoms with van der Waals surface area (Å²) < 4.78 is 19.9. The smallest absolute Gasteiger partial charge is 0.414 e. The Balaban J connectivity index is 1.39. The molecule has 9 heteroatoms. The van der Waals surface area contributed by atoms with Crippen molar-refractivity contribution >= 4 is 40.6 Å². The lowest BCUT2D eigenvalue weighted by Gasteiger charge is -2.19. The fourth-order valence-corrected chi connectivity index (χ4v) is 4.26.